The third-order valence-corrected chi connectivity index (χ3v) is 3.25. The van der Waals surface area contributed by atoms with Crippen LogP contribution in [0.2, 0.25) is 0 Å². The summed E-state index contributed by atoms with van der Waals surface area (Å²) in [6.45, 7) is 0.886. The molecule has 0 aromatic heterocycles. The number of hydrogen-bond acceptors (Lipinski definition) is 4. The van der Waals surface area contributed by atoms with Crippen molar-refractivity contribution in [1.29, 1.82) is 0 Å². The van der Waals surface area contributed by atoms with Crippen LogP contribution in [0.25, 0.3) is 0 Å². The van der Waals surface area contributed by atoms with Crippen LogP contribution in [-0.4, -0.2) is 20.5 Å². The van der Waals surface area contributed by atoms with E-state index in [1.165, 1.54) is 5.56 Å². The van der Waals surface area contributed by atoms with Crippen molar-refractivity contribution in [1.82, 2.24) is 0 Å². The number of benzene rings is 2. The second-order valence-electron chi connectivity index (χ2n) is 4.63. The Kier molecular flexibility index (Phi) is 3.74. The van der Waals surface area contributed by atoms with Crippen molar-refractivity contribution >= 4 is 5.69 Å². The molecule has 4 nitrogen and oxygen atoms in total. The largest absolute Gasteiger partial charge is 0.454 e. The van der Waals surface area contributed by atoms with Gasteiger partial charge in [-0.3, -0.25) is 0 Å². The third-order valence-electron chi connectivity index (χ3n) is 3.25. The van der Waals surface area contributed by atoms with Gasteiger partial charge in [0.1, 0.15) is 0 Å². The van der Waals surface area contributed by atoms with Gasteiger partial charge in [-0.1, -0.05) is 30.3 Å². The maximum atomic E-state index is 5.39. The van der Waals surface area contributed by atoms with Crippen LogP contribution in [0.3, 0.4) is 0 Å². The van der Waals surface area contributed by atoms with E-state index in [1.807, 2.05) is 36.4 Å². The number of methoxy groups -OCH3 is 1. The minimum absolute atomic E-state index is 0.0987. The Balaban J connectivity index is 1.80. The minimum Gasteiger partial charge on any atom is -0.454 e. The lowest BCUT2D eigenvalue weighted by Crippen LogP contribution is -2.16. The first-order valence-electron chi connectivity index (χ1n) is 6.57. The predicted molar refractivity (Wildman–Crippen MR) is 77.2 cm³/mol. The number of rotatable bonds is 5. The Morgan fingerprint density at radius 1 is 1.10 bits per heavy atom. The molecule has 0 spiro atoms. The Labute approximate surface area is 118 Å². The van der Waals surface area contributed by atoms with Gasteiger partial charge in [0.05, 0.1) is 12.6 Å². The summed E-state index contributed by atoms with van der Waals surface area (Å²) >= 11 is 0. The quantitative estimate of drug-likeness (QED) is 0.906. The molecule has 0 radical (unpaired) electrons. The van der Waals surface area contributed by atoms with Crippen LogP contribution in [0.4, 0.5) is 5.69 Å². The molecule has 2 aromatic rings. The van der Waals surface area contributed by atoms with Gasteiger partial charge in [-0.15, -0.1) is 0 Å². The molecule has 1 N–H and O–H groups in total. The van der Waals surface area contributed by atoms with E-state index in [1.54, 1.807) is 7.11 Å². The van der Waals surface area contributed by atoms with Crippen LogP contribution < -0.4 is 14.8 Å². The standard InChI is InChI=1S/C16H17NO3/c1-18-10-14(12-5-3-2-4-6-12)17-13-7-8-15-16(9-13)20-11-19-15/h2-9,14,17H,10-11H2,1H3. The fourth-order valence-corrected chi connectivity index (χ4v) is 2.26. The van der Waals surface area contributed by atoms with Crippen LogP contribution in [0.15, 0.2) is 48.5 Å². The average Bonchev–Trinajstić information content (AvgIpc) is 2.95. The Morgan fingerprint density at radius 3 is 2.70 bits per heavy atom. The molecule has 0 bridgehead atoms. The number of ether oxygens (including phenoxy) is 3. The molecule has 20 heavy (non-hydrogen) atoms. The van der Waals surface area contributed by atoms with Crippen LogP contribution in [0.1, 0.15) is 11.6 Å². The highest BCUT2D eigenvalue weighted by Crippen LogP contribution is 2.35. The first kappa shape index (κ1) is 12.8. The molecule has 104 valence electrons. The van der Waals surface area contributed by atoms with Gasteiger partial charge in [-0.25, -0.2) is 0 Å². The fraction of sp³-hybridized carbons (Fsp3) is 0.250. The van der Waals surface area contributed by atoms with E-state index < -0.39 is 0 Å². The van der Waals surface area contributed by atoms with Gasteiger partial charge in [0.25, 0.3) is 0 Å². The summed E-state index contributed by atoms with van der Waals surface area (Å²) in [7, 11) is 1.71. The fourth-order valence-electron chi connectivity index (χ4n) is 2.26. The second kappa shape index (κ2) is 5.84. The highest BCUT2D eigenvalue weighted by molar-refractivity contribution is 5.56. The maximum absolute atomic E-state index is 5.39. The average molecular weight is 271 g/mol. The van der Waals surface area contributed by atoms with E-state index in [-0.39, 0.29) is 6.04 Å². The molecule has 2 aromatic carbocycles. The smallest absolute Gasteiger partial charge is 0.231 e. The van der Waals surface area contributed by atoms with Gasteiger partial charge in [-0.05, 0) is 17.7 Å². The third kappa shape index (κ3) is 2.70. The minimum atomic E-state index is 0.0987. The topological polar surface area (TPSA) is 39.7 Å². The van der Waals surface area contributed by atoms with Crippen molar-refractivity contribution in [2.45, 2.75) is 6.04 Å². The molecule has 1 aliphatic heterocycles. The van der Waals surface area contributed by atoms with Gasteiger partial charge in [0.2, 0.25) is 6.79 Å². The molecule has 1 heterocycles. The molecular weight excluding hydrogens is 254 g/mol. The molecule has 0 saturated carbocycles. The van der Waals surface area contributed by atoms with Crippen molar-refractivity contribution in [2.75, 3.05) is 25.8 Å². The van der Waals surface area contributed by atoms with Crippen LogP contribution in [-0.2, 0) is 4.74 Å². The molecule has 0 saturated heterocycles. The zero-order valence-electron chi connectivity index (χ0n) is 11.3. The Bertz CT molecular complexity index is 571. The van der Waals surface area contributed by atoms with E-state index in [0.29, 0.717) is 13.4 Å². The summed E-state index contributed by atoms with van der Waals surface area (Å²) in [4.78, 5) is 0. The first-order valence-corrected chi connectivity index (χ1v) is 6.57. The molecule has 0 amide bonds. The Hall–Kier alpha value is -2.20. The summed E-state index contributed by atoms with van der Waals surface area (Å²) < 4.78 is 16.0. The van der Waals surface area contributed by atoms with Gasteiger partial charge in [-0.2, -0.15) is 0 Å². The Morgan fingerprint density at radius 2 is 1.90 bits per heavy atom. The lowest BCUT2D eigenvalue weighted by molar-refractivity contribution is 0.174. The van der Waals surface area contributed by atoms with Crippen LogP contribution >= 0.6 is 0 Å². The molecule has 4 heteroatoms. The van der Waals surface area contributed by atoms with Crippen molar-refractivity contribution < 1.29 is 14.2 Å². The number of fused-ring (bicyclic) bond motifs is 1. The van der Waals surface area contributed by atoms with E-state index in [0.717, 1.165) is 17.2 Å². The maximum Gasteiger partial charge on any atom is 0.231 e. The predicted octanol–water partition coefficient (Wildman–Crippen LogP) is 3.21. The van der Waals surface area contributed by atoms with Gasteiger partial charge in [0.15, 0.2) is 11.5 Å². The van der Waals surface area contributed by atoms with Crippen LogP contribution in [0, 0.1) is 0 Å². The first-order chi connectivity index (χ1) is 9.86. The monoisotopic (exact) mass is 271 g/mol. The summed E-state index contributed by atoms with van der Waals surface area (Å²) in [5.74, 6) is 1.57. The zero-order valence-corrected chi connectivity index (χ0v) is 11.3. The molecule has 1 atom stereocenters. The van der Waals surface area contributed by atoms with E-state index >= 15 is 0 Å². The van der Waals surface area contributed by atoms with Crippen LogP contribution in [0.5, 0.6) is 11.5 Å². The summed E-state index contributed by atoms with van der Waals surface area (Å²) in [6.07, 6.45) is 0. The normalized spacial score (nSPS) is 14.1. The molecular formula is C16H17NO3. The second-order valence-corrected chi connectivity index (χ2v) is 4.63. The lowest BCUT2D eigenvalue weighted by atomic mass is 10.1. The molecule has 1 aliphatic rings. The molecule has 3 rings (SSSR count). The van der Waals surface area contributed by atoms with Crippen molar-refractivity contribution in [2.24, 2.45) is 0 Å². The molecule has 1 unspecified atom stereocenters. The van der Waals surface area contributed by atoms with E-state index in [9.17, 15) is 0 Å². The van der Waals surface area contributed by atoms with Crippen molar-refractivity contribution in [3.05, 3.63) is 54.1 Å². The van der Waals surface area contributed by atoms with Gasteiger partial charge in [0, 0.05) is 18.9 Å². The lowest BCUT2D eigenvalue weighted by Gasteiger charge is -2.19. The van der Waals surface area contributed by atoms with E-state index in [2.05, 4.69) is 17.4 Å². The zero-order chi connectivity index (χ0) is 13.8. The highest BCUT2D eigenvalue weighted by atomic mass is 16.7. The van der Waals surface area contributed by atoms with Crippen molar-refractivity contribution in [3.63, 3.8) is 0 Å². The van der Waals surface area contributed by atoms with Crippen molar-refractivity contribution in [3.8, 4) is 11.5 Å². The summed E-state index contributed by atoms with van der Waals surface area (Å²) in [5.41, 5.74) is 2.17. The number of hydrogen-bond donors (Lipinski definition) is 1. The SMILES string of the molecule is COCC(Nc1ccc2c(c1)OCO2)c1ccccc1. The number of anilines is 1. The number of nitrogens with one attached hydrogen (secondary N) is 1. The van der Waals surface area contributed by atoms with Gasteiger partial charge < -0.3 is 19.5 Å². The molecule has 0 fully saturated rings. The van der Waals surface area contributed by atoms with E-state index in [4.69, 9.17) is 14.2 Å². The van der Waals surface area contributed by atoms with Gasteiger partial charge >= 0.3 is 0 Å². The molecule has 0 aliphatic carbocycles. The summed E-state index contributed by atoms with van der Waals surface area (Å²) in [5, 5.41) is 3.47. The highest BCUT2D eigenvalue weighted by Gasteiger charge is 2.16. The summed E-state index contributed by atoms with van der Waals surface area (Å²) in [6, 6.07) is 16.2.